The molecular weight excluding hydrogens is 302 g/mol. The molecule has 24 heavy (non-hydrogen) atoms. The Balaban J connectivity index is 1.76. The lowest BCUT2D eigenvalue weighted by atomic mass is 9.52. The number of hydrogen-bond acceptors (Lipinski definition) is 3. The third-order valence-electron chi connectivity index (χ3n) is 7.28. The number of rotatable bonds is 2. The Morgan fingerprint density at radius 3 is 2.96 bits per heavy atom. The molecule has 4 aliphatic rings. The molecule has 2 heterocycles. The third-order valence-corrected chi connectivity index (χ3v) is 7.28. The quantitative estimate of drug-likeness (QED) is 0.646. The molecule has 0 saturated carbocycles. The van der Waals surface area contributed by atoms with Gasteiger partial charge in [-0.1, -0.05) is 25.1 Å². The van der Waals surface area contributed by atoms with Gasteiger partial charge in [0.1, 0.15) is 18.2 Å². The van der Waals surface area contributed by atoms with Crippen LogP contribution in [-0.4, -0.2) is 53.1 Å². The van der Waals surface area contributed by atoms with E-state index in [1.165, 1.54) is 24.1 Å². The normalized spacial score (nSPS) is 44.1. The van der Waals surface area contributed by atoms with Crippen LogP contribution in [0.1, 0.15) is 30.9 Å². The van der Waals surface area contributed by atoms with E-state index >= 15 is 0 Å². The van der Waals surface area contributed by atoms with Gasteiger partial charge in [0, 0.05) is 24.3 Å². The number of likely N-dealkylation sites (N-methyl/N-ethyl adjacent to an activating group) is 1. The number of phenolic OH excluding ortho intramolecular Hbond substituents is 1. The summed E-state index contributed by atoms with van der Waals surface area (Å²) in [5.74, 6) is 1.24. The van der Waals surface area contributed by atoms with E-state index in [0.717, 1.165) is 23.9 Å². The Labute approximate surface area is 142 Å². The van der Waals surface area contributed by atoms with E-state index in [9.17, 15) is 10.2 Å². The van der Waals surface area contributed by atoms with Crippen molar-refractivity contribution >= 4 is 0 Å². The van der Waals surface area contributed by atoms with Crippen molar-refractivity contribution in [2.24, 2.45) is 5.92 Å². The number of piperidine rings is 1. The standard InChI is InChI=1S/C20H25NO3/c1-3-9-21(2)10-8-20-13-5-7-16(23)19(20)24-18-15(22)6-4-12(17(18)20)11-14(13)21/h4-7,13-14,16,19,23H,3,8-11H2,1-2H3/p+1/t13-,14+,16-,19-,20-,21?/m0/s1. The van der Waals surface area contributed by atoms with Gasteiger partial charge in [-0.3, -0.25) is 0 Å². The van der Waals surface area contributed by atoms with Gasteiger partial charge in [-0.05, 0) is 18.1 Å². The fraction of sp³-hybridized carbons (Fsp3) is 0.600. The lowest BCUT2D eigenvalue weighted by Crippen LogP contribution is -2.71. The van der Waals surface area contributed by atoms with E-state index < -0.39 is 6.10 Å². The molecule has 0 amide bonds. The first-order valence-corrected chi connectivity index (χ1v) is 9.24. The highest BCUT2D eigenvalue weighted by molar-refractivity contribution is 5.61. The molecular formula is C20H26NO3+. The fourth-order valence-corrected chi connectivity index (χ4v) is 6.28. The van der Waals surface area contributed by atoms with Gasteiger partial charge in [0.05, 0.1) is 25.6 Å². The monoisotopic (exact) mass is 328 g/mol. The zero-order chi connectivity index (χ0) is 16.7. The van der Waals surface area contributed by atoms with Crippen LogP contribution in [-0.2, 0) is 11.8 Å². The van der Waals surface area contributed by atoms with Gasteiger partial charge in [0.2, 0.25) is 0 Å². The number of hydrogen-bond donors (Lipinski definition) is 2. The summed E-state index contributed by atoms with van der Waals surface area (Å²) in [6.07, 6.45) is 6.56. The summed E-state index contributed by atoms with van der Waals surface area (Å²) in [5, 5.41) is 21.0. The van der Waals surface area contributed by atoms with Gasteiger partial charge in [-0.25, -0.2) is 0 Å². The van der Waals surface area contributed by atoms with Crippen LogP contribution >= 0.6 is 0 Å². The Morgan fingerprint density at radius 2 is 2.17 bits per heavy atom. The molecule has 2 aliphatic carbocycles. The highest BCUT2D eigenvalue weighted by Crippen LogP contribution is 2.63. The summed E-state index contributed by atoms with van der Waals surface area (Å²) in [5.41, 5.74) is 2.35. The van der Waals surface area contributed by atoms with Crippen LogP contribution in [0.4, 0.5) is 0 Å². The Bertz CT molecular complexity index is 745. The molecule has 1 aromatic carbocycles. The molecule has 128 valence electrons. The van der Waals surface area contributed by atoms with Crippen molar-refractivity contribution in [1.82, 2.24) is 0 Å². The van der Waals surface area contributed by atoms with E-state index in [2.05, 4.69) is 26.1 Å². The van der Waals surface area contributed by atoms with Crippen LogP contribution < -0.4 is 4.74 Å². The summed E-state index contributed by atoms with van der Waals surface area (Å²) in [4.78, 5) is 0. The number of ether oxygens (including phenoxy) is 1. The summed E-state index contributed by atoms with van der Waals surface area (Å²) < 4.78 is 7.29. The van der Waals surface area contributed by atoms with E-state index in [0.29, 0.717) is 17.7 Å². The van der Waals surface area contributed by atoms with Crippen molar-refractivity contribution in [2.45, 2.75) is 49.9 Å². The minimum Gasteiger partial charge on any atom is -0.504 e. The zero-order valence-corrected chi connectivity index (χ0v) is 14.4. The second kappa shape index (κ2) is 4.55. The van der Waals surface area contributed by atoms with Crippen LogP contribution in [0.25, 0.3) is 0 Å². The second-order valence-corrected chi connectivity index (χ2v) is 8.38. The molecule has 6 atom stereocenters. The van der Waals surface area contributed by atoms with Crippen molar-refractivity contribution in [1.29, 1.82) is 0 Å². The van der Waals surface area contributed by atoms with E-state index in [1.807, 2.05) is 6.08 Å². The Kier molecular flexibility index (Phi) is 2.81. The number of nitrogens with zero attached hydrogens (tertiary/aromatic N) is 1. The molecule has 1 fully saturated rings. The van der Waals surface area contributed by atoms with Crippen molar-refractivity contribution in [2.75, 3.05) is 20.1 Å². The average molecular weight is 328 g/mol. The number of aromatic hydroxyl groups is 1. The van der Waals surface area contributed by atoms with Crippen LogP contribution in [0.5, 0.6) is 11.5 Å². The number of aliphatic hydroxyl groups excluding tert-OH is 1. The minimum atomic E-state index is -0.595. The molecule has 2 bridgehead atoms. The highest BCUT2D eigenvalue weighted by Gasteiger charge is 2.67. The largest absolute Gasteiger partial charge is 0.504 e. The topological polar surface area (TPSA) is 49.7 Å². The number of quaternary nitrogens is 1. The van der Waals surface area contributed by atoms with Crippen molar-refractivity contribution in [3.63, 3.8) is 0 Å². The van der Waals surface area contributed by atoms with Crippen LogP contribution in [0.15, 0.2) is 24.3 Å². The summed E-state index contributed by atoms with van der Waals surface area (Å²) in [7, 11) is 2.40. The summed E-state index contributed by atoms with van der Waals surface area (Å²) in [6, 6.07) is 4.37. The van der Waals surface area contributed by atoms with Crippen LogP contribution in [0.3, 0.4) is 0 Å². The molecule has 4 heteroatoms. The molecule has 5 rings (SSSR count). The summed E-state index contributed by atoms with van der Waals surface area (Å²) >= 11 is 0. The number of benzene rings is 1. The first kappa shape index (κ1) is 14.8. The van der Waals surface area contributed by atoms with Crippen LogP contribution in [0, 0.1) is 5.92 Å². The number of phenols is 1. The lowest BCUT2D eigenvalue weighted by Gasteiger charge is -2.59. The lowest BCUT2D eigenvalue weighted by molar-refractivity contribution is -0.944. The Morgan fingerprint density at radius 1 is 1.33 bits per heavy atom. The van der Waals surface area contributed by atoms with Gasteiger partial charge < -0.3 is 19.4 Å². The molecule has 2 N–H and O–H groups in total. The minimum absolute atomic E-state index is 0.161. The van der Waals surface area contributed by atoms with Crippen molar-refractivity contribution in [3.05, 3.63) is 35.4 Å². The van der Waals surface area contributed by atoms with Crippen LogP contribution in [0.2, 0.25) is 0 Å². The first-order valence-electron chi connectivity index (χ1n) is 9.24. The first-order chi connectivity index (χ1) is 11.5. The molecule has 1 unspecified atom stereocenters. The molecule has 1 aromatic rings. The SMILES string of the molecule is CCC[N+]1(C)CC[C@]23c4c5ccc(O)c4O[C@H]2[C@@H](O)C=C[C@H]3[C@H]1C5. The molecule has 0 radical (unpaired) electrons. The van der Waals surface area contributed by atoms with E-state index in [1.54, 1.807) is 6.07 Å². The predicted molar refractivity (Wildman–Crippen MR) is 91.2 cm³/mol. The zero-order valence-electron chi connectivity index (χ0n) is 14.4. The highest BCUT2D eigenvalue weighted by atomic mass is 16.5. The smallest absolute Gasteiger partial charge is 0.165 e. The average Bonchev–Trinajstić information content (AvgIpc) is 2.91. The molecule has 1 saturated heterocycles. The van der Waals surface area contributed by atoms with Gasteiger partial charge >= 0.3 is 0 Å². The second-order valence-electron chi connectivity index (χ2n) is 8.38. The van der Waals surface area contributed by atoms with Crippen molar-refractivity contribution < 1.29 is 19.4 Å². The summed E-state index contributed by atoms with van der Waals surface area (Å²) in [6.45, 7) is 4.58. The van der Waals surface area contributed by atoms with Gasteiger partial charge in [0.15, 0.2) is 11.5 Å². The molecule has 0 aromatic heterocycles. The third kappa shape index (κ3) is 1.52. The van der Waals surface area contributed by atoms with Gasteiger partial charge in [-0.2, -0.15) is 0 Å². The molecule has 4 nitrogen and oxygen atoms in total. The maximum atomic E-state index is 10.6. The molecule has 1 spiro atoms. The predicted octanol–water partition coefficient (Wildman–Crippen LogP) is 2.12. The van der Waals surface area contributed by atoms with Crippen molar-refractivity contribution in [3.8, 4) is 11.5 Å². The van der Waals surface area contributed by atoms with E-state index in [-0.39, 0.29) is 17.3 Å². The van der Waals surface area contributed by atoms with E-state index in [4.69, 9.17) is 4.74 Å². The fourth-order valence-electron chi connectivity index (χ4n) is 6.28. The number of aliphatic hydroxyl groups is 1. The Hall–Kier alpha value is -1.52. The molecule has 2 aliphatic heterocycles. The van der Waals surface area contributed by atoms with Gasteiger partial charge in [-0.15, -0.1) is 0 Å². The number of likely N-dealkylation sites (tertiary alicyclic amines) is 1. The maximum absolute atomic E-state index is 10.6. The van der Waals surface area contributed by atoms with Gasteiger partial charge in [0.25, 0.3) is 0 Å². The maximum Gasteiger partial charge on any atom is 0.165 e.